The van der Waals surface area contributed by atoms with E-state index in [0.29, 0.717) is 33.8 Å². The van der Waals surface area contributed by atoms with E-state index in [1.54, 1.807) is 30.0 Å². The Bertz CT molecular complexity index is 786. The number of thioether (sulfide) groups is 1. The first-order valence-electron chi connectivity index (χ1n) is 8.63. The lowest BCUT2D eigenvalue weighted by Gasteiger charge is -2.17. The third-order valence-electron chi connectivity index (χ3n) is 3.89. The van der Waals surface area contributed by atoms with Crippen LogP contribution in [0.2, 0.25) is 15.1 Å². The molecular formula is C20H22Cl3NO2S. The minimum atomic E-state index is -0.527. The lowest BCUT2D eigenvalue weighted by Crippen LogP contribution is -2.39. The number of benzene rings is 2. The van der Waals surface area contributed by atoms with Gasteiger partial charge in [0.2, 0.25) is 0 Å². The van der Waals surface area contributed by atoms with Gasteiger partial charge in [-0.25, -0.2) is 0 Å². The first-order chi connectivity index (χ1) is 12.9. The molecule has 0 heterocycles. The molecule has 0 aliphatic heterocycles. The fourth-order valence-corrected chi connectivity index (χ4v) is 3.89. The molecule has 7 heteroatoms. The van der Waals surface area contributed by atoms with Crippen molar-refractivity contribution in [1.82, 2.24) is 5.32 Å². The minimum Gasteiger partial charge on any atom is -0.481 e. The largest absolute Gasteiger partial charge is 0.481 e. The summed E-state index contributed by atoms with van der Waals surface area (Å²) in [6, 6.07) is 10.9. The van der Waals surface area contributed by atoms with E-state index in [-0.39, 0.29) is 5.91 Å². The Hall–Kier alpha value is -1.07. The van der Waals surface area contributed by atoms with E-state index in [4.69, 9.17) is 39.5 Å². The Labute approximate surface area is 179 Å². The lowest BCUT2D eigenvalue weighted by atomic mass is 10.2. The van der Waals surface area contributed by atoms with Gasteiger partial charge in [0.1, 0.15) is 5.75 Å². The normalized spacial score (nSPS) is 11.9. The van der Waals surface area contributed by atoms with Crippen LogP contribution in [0.1, 0.15) is 24.5 Å². The second-order valence-electron chi connectivity index (χ2n) is 6.01. The highest BCUT2D eigenvalue weighted by atomic mass is 35.5. The number of carbonyl (C=O) groups is 1. The summed E-state index contributed by atoms with van der Waals surface area (Å²) in [4.78, 5) is 12.3. The summed E-state index contributed by atoms with van der Waals surface area (Å²) < 4.78 is 5.81. The van der Waals surface area contributed by atoms with Crippen molar-refractivity contribution in [2.24, 2.45) is 0 Å². The van der Waals surface area contributed by atoms with Crippen molar-refractivity contribution in [2.45, 2.75) is 32.1 Å². The van der Waals surface area contributed by atoms with Crippen molar-refractivity contribution in [3.05, 3.63) is 62.6 Å². The molecule has 1 atom stereocenters. The summed E-state index contributed by atoms with van der Waals surface area (Å²) in [7, 11) is 0. The fraction of sp³-hybridized carbons (Fsp3) is 0.350. The number of amides is 1. The summed E-state index contributed by atoms with van der Waals surface area (Å²) in [5.41, 5.74) is 1.95. The van der Waals surface area contributed by atoms with Gasteiger partial charge in [0.15, 0.2) is 6.10 Å². The Kier molecular flexibility index (Phi) is 9.10. The number of halogens is 3. The minimum absolute atomic E-state index is 0.116. The van der Waals surface area contributed by atoms with E-state index in [1.807, 2.05) is 32.0 Å². The second-order valence-corrected chi connectivity index (χ2v) is 8.36. The third-order valence-corrected chi connectivity index (χ3v) is 5.91. The second kappa shape index (κ2) is 11.1. The van der Waals surface area contributed by atoms with Crippen LogP contribution in [0.4, 0.5) is 0 Å². The van der Waals surface area contributed by atoms with Gasteiger partial charge < -0.3 is 10.1 Å². The molecule has 0 bridgehead atoms. The Morgan fingerprint density at radius 3 is 2.59 bits per heavy atom. The van der Waals surface area contributed by atoms with Crippen LogP contribution in [0.3, 0.4) is 0 Å². The molecule has 0 spiro atoms. The molecule has 146 valence electrons. The molecule has 2 aromatic carbocycles. The van der Waals surface area contributed by atoms with E-state index in [9.17, 15) is 4.79 Å². The Balaban J connectivity index is 1.75. The van der Waals surface area contributed by atoms with Crippen LogP contribution < -0.4 is 10.1 Å². The molecule has 0 saturated carbocycles. The van der Waals surface area contributed by atoms with E-state index >= 15 is 0 Å². The number of nitrogens with one attached hydrogen (secondary N) is 1. The molecule has 2 rings (SSSR count). The molecule has 1 amide bonds. The van der Waals surface area contributed by atoms with Crippen LogP contribution in [0, 0.1) is 6.92 Å². The number of rotatable bonds is 9. The maximum absolute atomic E-state index is 12.3. The smallest absolute Gasteiger partial charge is 0.261 e. The van der Waals surface area contributed by atoms with Gasteiger partial charge in [-0.2, -0.15) is 11.8 Å². The molecule has 1 N–H and O–H groups in total. The topological polar surface area (TPSA) is 38.3 Å². The zero-order chi connectivity index (χ0) is 19.8. The van der Waals surface area contributed by atoms with Crippen molar-refractivity contribution in [1.29, 1.82) is 0 Å². The summed E-state index contributed by atoms with van der Waals surface area (Å²) >= 11 is 19.8. The number of hydrogen-bond acceptors (Lipinski definition) is 3. The average molecular weight is 447 g/mol. The number of aryl methyl sites for hydroxylation is 1. The quantitative estimate of drug-likeness (QED) is 0.469. The van der Waals surface area contributed by atoms with Gasteiger partial charge in [-0.1, -0.05) is 47.8 Å². The first kappa shape index (κ1) is 22.2. The zero-order valence-electron chi connectivity index (χ0n) is 15.2. The van der Waals surface area contributed by atoms with E-state index in [2.05, 4.69) is 5.32 Å². The van der Waals surface area contributed by atoms with Gasteiger partial charge in [-0.3, -0.25) is 4.79 Å². The van der Waals surface area contributed by atoms with Crippen molar-refractivity contribution in [3.8, 4) is 5.75 Å². The van der Waals surface area contributed by atoms with Crippen LogP contribution in [0.15, 0.2) is 36.4 Å². The van der Waals surface area contributed by atoms with Gasteiger partial charge in [0.05, 0.1) is 0 Å². The SMILES string of the molecule is CCC(Oc1ccc(Cl)c(C)c1)C(=O)NCCSCc1ccc(Cl)cc1Cl. The van der Waals surface area contributed by atoms with Crippen LogP contribution in [-0.2, 0) is 10.5 Å². The highest BCUT2D eigenvalue weighted by molar-refractivity contribution is 7.98. The predicted octanol–water partition coefficient (Wildman–Crippen LogP) is 6.16. The average Bonchev–Trinajstić information content (AvgIpc) is 2.63. The van der Waals surface area contributed by atoms with E-state index < -0.39 is 6.10 Å². The summed E-state index contributed by atoms with van der Waals surface area (Å²) in [5, 5.41) is 4.89. The van der Waals surface area contributed by atoms with Crippen molar-refractivity contribution in [3.63, 3.8) is 0 Å². The molecular weight excluding hydrogens is 425 g/mol. The maximum atomic E-state index is 12.3. The van der Waals surface area contributed by atoms with Gasteiger partial charge >= 0.3 is 0 Å². The van der Waals surface area contributed by atoms with E-state index in [1.165, 1.54) is 0 Å². The Morgan fingerprint density at radius 2 is 1.93 bits per heavy atom. The summed E-state index contributed by atoms with van der Waals surface area (Å²) in [6.07, 6.45) is 0.0578. The van der Waals surface area contributed by atoms with Crippen molar-refractivity contribution < 1.29 is 9.53 Å². The zero-order valence-corrected chi connectivity index (χ0v) is 18.3. The standard InChI is InChI=1S/C20H22Cl3NO2S/c1-3-19(26-16-6-7-17(22)13(2)10-16)20(25)24-8-9-27-12-14-4-5-15(21)11-18(14)23/h4-7,10-11,19H,3,8-9,12H2,1-2H3,(H,24,25). The monoisotopic (exact) mass is 445 g/mol. The molecule has 27 heavy (non-hydrogen) atoms. The highest BCUT2D eigenvalue weighted by Gasteiger charge is 2.18. The molecule has 1 unspecified atom stereocenters. The van der Waals surface area contributed by atoms with Crippen LogP contribution in [-0.4, -0.2) is 24.3 Å². The molecule has 0 radical (unpaired) electrons. The van der Waals surface area contributed by atoms with Crippen LogP contribution >= 0.6 is 46.6 Å². The molecule has 2 aromatic rings. The van der Waals surface area contributed by atoms with Gasteiger partial charge in [-0.05, 0) is 54.8 Å². The fourth-order valence-electron chi connectivity index (χ4n) is 2.36. The molecule has 0 fully saturated rings. The van der Waals surface area contributed by atoms with Crippen LogP contribution in [0.5, 0.6) is 5.75 Å². The third kappa shape index (κ3) is 7.11. The summed E-state index contributed by atoms with van der Waals surface area (Å²) in [6.45, 7) is 4.39. The summed E-state index contributed by atoms with van der Waals surface area (Å²) in [5.74, 6) is 2.08. The van der Waals surface area contributed by atoms with Crippen molar-refractivity contribution in [2.75, 3.05) is 12.3 Å². The van der Waals surface area contributed by atoms with E-state index in [0.717, 1.165) is 22.6 Å². The lowest BCUT2D eigenvalue weighted by molar-refractivity contribution is -0.127. The Morgan fingerprint density at radius 1 is 1.15 bits per heavy atom. The maximum Gasteiger partial charge on any atom is 0.261 e. The van der Waals surface area contributed by atoms with Crippen LogP contribution in [0.25, 0.3) is 0 Å². The predicted molar refractivity (Wildman–Crippen MR) is 117 cm³/mol. The molecule has 0 aliphatic carbocycles. The highest BCUT2D eigenvalue weighted by Crippen LogP contribution is 2.25. The number of carbonyl (C=O) groups excluding carboxylic acids is 1. The van der Waals surface area contributed by atoms with Gasteiger partial charge in [-0.15, -0.1) is 0 Å². The molecule has 0 aliphatic rings. The van der Waals surface area contributed by atoms with Gasteiger partial charge in [0.25, 0.3) is 5.91 Å². The molecule has 0 saturated heterocycles. The molecule has 0 aromatic heterocycles. The first-order valence-corrected chi connectivity index (χ1v) is 10.9. The molecule has 3 nitrogen and oxygen atoms in total. The number of hydrogen-bond donors (Lipinski definition) is 1. The number of ether oxygens (including phenoxy) is 1. The van der Waals surface area contributed by atoms with Crippen molar-refractivity contribution >= 4 is 52.5 Å². The van der Waals surface area contributed by atoms with Gasteiger partial charge in [0, 0.05) is 33.1 Å².